The van der Waals surface area contributed by atoms with E-state index >= 15 is 0 Å². The second kappa shape index (κ2) is 5.01. The van der Waals surface area contributed by atoms with Crippen LogP contribution in [-0.2, 0) is 19.6 Å². The predicted molar refractivity (Wildman–Crippen MR) is 72.4 cm³/mol. The minimum atomic E-state index is -0.184. The van der Waals surface area contributed by atoms with Crippen LogP contribution in [0.1, 0.15) is 11.4 Å². The van der Waals surface area contributed by atoms with E-state index in [9.17, 15) is 4.39 Å². The second-order valence-electron chi connectivity index (χ2n) is 4.81. The van der Waals surface area contributed by atoms with Crippen LogP contribution in [0.2, 0.25) is 0 Å². The van der Waals surface area contributed by atoms with Crippen molar-refractivity contribution in [3.05, 3.63) is 47.8 Å². The fourth-order valence-electron chi connectivity index (χ4n) is 2.52. The van der Waals surface area contributed by atoms with Gasteiger partial charge in [-0.1, -0.05) is 0 Å². The fourth-order valence-corrected chi connectivity index (χ4v) is 2.52. The summed E-state index contributed by atoms with van der Waals surface area (Å²) in [7, 11) is 1.86. The molecule has 1 aliphatic rings. The fraction of sp³-hybridized carbons (Fsp3) is 0.357. The van der Waals surface area contributed by atoms with Gasteiger partial charge in [0.2, 0.25) is 0 Å². The average molecular weight is 260 g/mol. The van der Waals surface area contributed by atoms with E-state index in [1.807, 2.05) is 25.5 Å². The Kier molecular flexibility index (Phi) is 3.21. The monoisotopic (exact) mass is 260 g/mol. The standard InChI is InChI=1S/C14H17FN4/c1-16-9-11-6-12(15)8-13(7-11)19-5-4-18-3-2-17-14(18)10-19/h2-3,6-8,16H,4-5,9-10H2,1H3. The number of benzene rings is 1. The predicted octanol–water partition coefficient (Wildman–Crippen LogP) is 1.76. The van der Waals surface area contributed by atoms with Gasteiger partial charge in [0.25, 0.3) is 0 Å². The zero-order valence-electron chi connectivity index (χ0n) is 10.9. The first kappa shape index (κ1) is 12.2. The van der Waals surface area contributed by atoms with Crippen molar-refractivity contribution < 1.29 is 4.39 Å². The van der Waals surface area contributed by atoms with Crippen molar-refractivity contribution in [2.45, 2.75) is 19.6 Å². The lowest BCUT2D eigenvalue weighted by Gasteiger charge is -2.30. The van der Waals surface area contributed by atoms with E-state index in [1.165, 1.54) is 0 Å². The molecular weight excluding hydrogens is 243 g/mol. The van der Waals surface area contributed by atoms with Crippen LogP contribution in [0.3, 0.4) is 0 Å². The second-order valence-corrected chi connectivity index (χ2v) is 4.81. The van der Waals surface area contributed by atoms with Crippen LogP contribution in [0.15, 0.2) is 30.6 Å². The molecule has 0 bridgehead atoms. The number of imidazole rings is 1. The zero-order chi connectivity index (χ0) is 13.2. The lowest BCUT2D eigenvalue weighted by molar-refractivity contribution is 0.557. The number of fused-ring (bicyclic) bond motifs is 1. The van der Waals surface area contributed by atoms with Gasteiger partial charge in [0.15, 0.2) is 0 Å². The molecule has 0 fully saturated rings. The third-order valence-electron chi connectivity index (χ3n) is 3.43. The van der Waals surface area contributed by atoms with Crippen LogP contribution in [0, 0.1) is 5.82 Å². The van der Waals surface area contributed by atoms with Gasteiger partial charge in [0.05, 0.1) is 6.54 Å². The highest BCUT2D eigenvalue weighted by Crippen LogP contribution is 2.23. The van der Waals surface area contributed by atoms with Crippen molar-refractivity contribution in [2.24, 2.45) is 0 Å². The zero-order valence-corrected chi connectivity index (χ0v) is 10.9. The third kappa shape index (κ3) is 2.46. The van der Waals surface area contributed by atoms with Crippen molar-refractivity contribution in [1.82, 2.24) is 14.9 Å². The molecule has 1 N–H and O–H groups in total. The Hall–Kier alpha value is -1.88. The van der Waals surface area contributed by atoms with Crippen LogP contribution >= 0.6 is 0 Å². The minimum absolute atomic E-state index is 0.184. The molecule has 0 aliphatic carbocycles. The number of anilines is 1. The summed E-state index contributed by atoms with van der Waals surface area (Å²) < 4.78 is 15.8. The topological polar surface area (TPSA) is 33.1 Å². The minimum Gasteiger partial charge on any atom is -0.362 e. The highest BCUT2D eigenvalue weighted by Gasteiger charge is 2.17. The highest BCUT2D eigenvalue weighted by atomic mass is 19.1. The van der Waals surface area contributed by atoms with Crippen LogP contribution in [-0.4, -0.2) is 23.1 Å². The van der Waals surface area contributed by atoms with Gasteiger partial charge in [0.1, 0.15) is 11.6 Å². The molecular formula is C14H17FN4. The highest BCUT2D eigenvalue weighted by molar-refractivity contribution is 5.49. The molecule has 100 valence electrons. The average Bonchev–Trinajstić information content (AvgIpc) is 2.85. The van der Waals surface area contributed by atoms with E-state index in [1.54, 1.807) is 12.1 Å². The normalized spacial score (nSPS) is 14.5. The van der Waals surface area contributed by atoms with Crippen LogP contribution < -0.4 is 10.2 Å². The Morgan fingerprint density at radius 2 is 2.21 bits per heavy atom. The van der Waals surface area contributed by atoms with E-state index in [0.29, 0.717) is 6.54 Å². The molecule has 1 aromatic carbocycles. The Balaban J connectivity index is 1.87. The summed E-state index contributed by atoms with van der Waals surface area (Å²) in [5, 5.41) is 3.05. The summed E-state index contributed by atoms with van der Waals surface area (Å²) in [6.07, 6.45) is 3.81. The lowest BCUT2D eigenvalue weighted by Crippen LogP contribution is -2.33. The Morgan fingerprint density at radius 1 is 1.32 bits per heavy atom. The molecule has 0 saturated heterocycles. The lowest BCUT2D eigenvalue weighted by atomic mass is 10.1. The number of hydrogen-bond donors (Lipinski definition) is 1. The number of rotatable bonds is 3. The largest absolute Gasteiger partial charge is 0.362 e. The van der Waals surface area contributed by atoms with Gasteiger partial charge in [-0.2, -0.15) is 0 Å². The molecule has 19 heavy (non-hydrogen) atoms. The van der Waals surface area contributed by atoms with Crippen LogP contribution in [0.4, 0.5) is 10.1 Å². The summed E-state index contributed by atoms with van der Waals surface area (Å²) in [5.74, 6) is 0.849. The first-order valence-corrected chi connectivity index (χ1v) is 6.45. The molecule has 0 spiro atoms. The van der Waals surface area contributed by atoms with Crippen molar-refractivity contribution in [1.29, 1.82) is 0 Å². The number of hydrogen-bond acceptors (Lipinski definition) is 3. The van der Waals surface area contributed by atoms with Crippen molar-refractivity contribution in [3.63, 3.8) is 0 Å². The van der Waals surface area contributed by atoms with Gasteiger partial charge >= 0.3 is 0 Å². The van der Waals surface area contributed by atoms with E-state index in [2.05, 4.69) is 19.8 Å². The van der Waals surface area contributed by atoms with Crippen molar-refractivity contribution in [3.8, 4) is 0 Å². The van der Waals surface area contributed by atoms with E-state index < -0.39 is 0 Å². The Morgan fingerprint density at radius 3 is 3.05 bits per heavy atom. The van der Waals surface area contributed by atoms with E-state index in [-0.39, 0.29) is 5.82 Å². The summed E-state index contributed by atoms with van der Waals surface area (Å²) in [6, 6.07) is 5.21. The molecule has 5 heteroatoms. The third-order valence-corrected chi connectivity index (χ3v) is 3.43. The first-order valence-electron chi connectivity index (χ1n) is 6.45. The molecule has 0 atom stereocenters. The van der Waals surface area contributed by atoms with Gasteiger partial charge in [-0.25, -0.2) is 9.37 Å². The van der Waals surface area contributed by atoms with E-state index in [4.69, 9.17) is 0 Å². The molecule has 2 aromatic rings. The number of halogens is 1. The van der Waals surface area contributed by atoms with Crippen molar-refractivity contribution >= 4 is 5.69 Å². The molecule has 4 nitrogen and oxygen atoms in total. The quantitative estimate of drug-likeness (QED) is 0.913. The Bertz CT molecular complexity index is 579. The van der Waals surface area contributed by atoms with Gasteiger partial charge in [-0.05, 0) is 30.8 Å². The molecule has 0 amide bonds. The summed E-state index contributed by atoms with van der Waals surface area (Å²) >= 11 is 0. The maximum absolute atomic E-state index is 13.7. The summed E-state index contributed by atoms with van der Waals surface area (Å²) in [4.78, 5) is 6.50. The maximum Gasteiger partial charge on any atom is 0.128 e. The smallest absolute Gasteiger partial charge is 0.128 e. The van der Waals surface area contributed by atoms with E-state index in [0.717, 1.165) is 36.7 Å². The molecule has 1 aliphatic heterocycles. The van der Waals surface area contributed by atoms with Gasteiger partial charge < -0.3 is 14.8 Å². The molecule has 3 rings (SSSR count). The van der Waals surface area contributed by atoms with Crippen molar-refractivity contribution in [2.75, 3.05) is 18.5 Å². The molecule has 0 saturated carbocycles. The summed E-state index contributed by atoms with van der Waals surface area (Å²) in [6.45, 7) is 3.18. The molecule has 1 aromatic heterocycles. The van der Waals surface area contributed by atoms with Gasteiger partial charge in [0, 0.05) is 37.7 Å². The SMILES string of the molecule is CNCc1cc(F)cc(N2CCn3ccnc3C2)c1. The Labute approximate surface area is 111 Å². The van der Waals surface area contributed by atoms with Crippen LogP contribution in [0.25, 0.3) is 0 Å². The van der Waals surface area contributed by atoms with Gasteiger partial charge in [-0.3, -0.25) is 0 Å². The number of nitrogens with one attached hydrogen (secondary N) is 1. The molecule has 0 unspecified atom stereocenters. The molecule has 2 heterocycles. The number of aromatic nitrogens is 2. The maximum atomic E-state index is 13.7. The van der Waals surface area contributed by atoms with Crippen LogP contribution in [0.5, 0.6) is 0 Å². The number of nitrogens with zero attached hydrogens (tertiary/aromatic N) is 3. The van der Waals surface area contributed by atoms with Gasteiger partial charge in [-0.15, -0.1) is 0 Å². The first-order chi connectivity index (χ1) is 9.26. The summed E-state index contributed by atoms with van der Waals surface area (Å²) in [5.41, 5.74) is 1.89. The molecule has 0 radical (unpaired) electrons.